The van der Waals surface area contributed by atoms with Crippen LogP contribution in [0.15, 0.2) is 70.2 Å². The molecule has 11 heteroatoms. The Bertz CT molecular complexity index is 1310. The highest BCUT2D eigenvalue weighted by Crippen LogP contribution is 2.36. The number of methoxy groups -OCH3 is 1. The lowest BCUT2D eigenvalue weighted by Crippen LogP contribution is -2.37. The zero-order valence-electron chi connectivity index (χ0n) is 20.0. The predicted octanol–water partition coefficient (Wildman–Crippen LogP) is 4.20. The number of nitrogens with zero attached hydrogens (tertiary/aromatic N) is 1. The molecule has 0 fully saturated rings. The second-order valence-corrected chi connectivity index (χ2v) is 8.98. The summed E-state index contributed by atoms with van der Waals surface area (Å²) in [5.41, 5.74) is 5.17. The van der Waals surface area contributed by atoms with Crippen LogP contribution < -0.4 is 25.5 Å². The minimum absolute atomic E-state index is 0.221. The lowest BCUT2D eigenvalue weighted by Gasteiger charge is -2.14. The van der Waals surface area contributed by atoms with Crippen LogP contribution >= 0.6 is 27.5 Å². The third-order valence-electron chi connectivity index (χ3n) is 4.91. The SMILES string of the molecule is COc1cc(/C=N\NC(=O)C(=O)NCc2ccc(C)cc2)cc(Br)c1OCC(=O)Nc1ccccc1Cl. The number of rotatable bonds is 9. The highest BCUT2D eigenvalue weighted by atomic mass is 79.9. The van der Waals surface area contributed by atoms with Crippen molar-refractivity contribution in [3.05, 3.63) is 86.8 Å². The number of nitrogens with one attached hydrogen (secondary N) is 3. The number of hydrogen-bond acceptors (Lipinski definition) is 6. The topological polar surface area (TPSA) is 118 Å². The molecule has 0 aliphatic rings. The molecule has 0 aromatic heterocycles. The van der Waals surface area contributed by atoms with Crippen LogP contribution in [-0.4, -0.2) is 37.7 Å². The molecule has 9 nitrogen and oxygen atoms in total. The van der Waals surface area contributed by atoms with Crippen LogP contribution in [0.2, 0.25) is 5.02 Å². The standard InChI is InChI=1S/C26H24BrClN4O5/c1-16-7-9-17(10-8-16)13-29-25(34)26(35)32-30-14-18-11-19(27)24(22(12-18)36-2)37-15-23(33)31-21-6-4-3-5-20(21)28/h3-12,14H,13,15H2,1-2H3,(H,29,34)(H,31,33)(H,32,35)/b30-14-. The van der Waals surface area contributed by atoms with E-state index in [0.717, 1.165) is 11.1 Å². The van der Waals surface area contributed by atoms with Gasteiger partial charge in [0.05, 0.1) is 28.5 Å². The maximum Gasteiger partial charge on any atom is 0.329 e. The zero-order valence-corrected chi connectivity index (χ0v) is 22.4. The molecule has 3 amide bonds. The second kappa shape index (κ2) is 13.4. The van der Waals surface area contributed by atoms with E-state index in [0.29, 0.717) is 32.2 Å². The molecule has 0 spiro atoms. The minimum Gasteiger partial charge on any atom is -0.493 e. The number of anilines is 1. The van der Waals surface area contributed by atoms with Crippen molar-refractivity contribution < 1.29 is 23.9 Å². The second-order valence-electron chi connectivity index (χ2n) is 7.72. The van der Waals surface area contributed by atoms with Crippen LogP contribution in [0.4, 0.5) is 5.69 Å². The van der Waals surface area contributed by atoms with Gasteiger partial charge in [-0.3, -0.25) is 14.4 Å². The van der Waals surface area contributed by atoms with Gasteiger partial charge in [0.1, 0.15) is 0 Å². The van der Waals surface area contributed by atoms with Gasteiger partial charge in [-0.2, -0.15) is 5.10 Å². The summed E-state index contributed by atoms with van der Waals surface area (Å²) in [7, 11) is 1.44. The third-order valence-corrected chi connectivity index (χ3v) is 5.83. The van der Waals surface area contributed by atoms with Crippen LogP contribution in [0.5, 0.6) is 11.5 Å². The monoisotopic (exact) mass is 586 g/mol. The molecule has 0 atom stereocenters. The van der Waals surface area contributed by atoms with Crippen LogP contribution in [0, 0.1) is 6.92 Å². The van der Waals surface area contributed by atoms with Gasteiger partial charge in [0.25, 0.3) is 5.91 Å². The van der Waals surface area contributed by atoms with Crippen LogP contribution in [0.1, 0.15) is 16.7 Å². The average molecular weight is 588 g/mol. The van der Waals surface area contributed by atoms with Gasteiger partial charge in [0.2, 0.25) is 0 Å². The highest BCUT2D eigenvalue weighted by molar-refractivity contribution is 9.10. The van der Waals surface area contributed by atoms with Crippen molar-refractivity contribution in [2.75, 3.05) is 19.0 Å². The summed E-state index contributed by atoms with van der Waals surface area (Å²) in [5, 5.41) is 9.44. The molecular formula is C26H24BrClN4O5. The molecule has 0 radical (unpaired) electrons. The molecule has 0 saturated heterocycles. The number of ether oxygens (including phenoxy) is 2. The van der Waals surface area contributed by atoms with E-state index >= 15 is 0 Å². The number of hydrogen-bond donors (Lipinski definition) is 3. The first-order chi connectivity index (χ1) is 17.8. The average Bonchev–Trinajstić information content (AvgIpc) is 2.88. The normalized spacial score (nSPS) is 10.6. The smallest absolute Gasteiger partial charge is 0.329 e. The van der Waals surface area contributed by atoms with Crippen LogP contribution in [0.25, 0.3) is 0 Å². The number of aryl methyl sites for hydroxylation is 1. The number of carbonyl (C=O) groups is 3. The quantitative estimate of drug-likeness (QED) is 0.197. The van der Waals surface area contributed by atoms with Crippen molar-refractivity contribution in [1.82, 2.24) is 10.7 Å². The number of para-hydroxylation sites is 1. The maximum absolute atomic E-state index is 12.3. The van der Waals surface area contributed by atoms with Gasteiger partial charge in [0, 0.05) is 6.54 Å². The summed E-state index contributed by atoms with van der Waals surface area (Å²) >= 11 is 9.44. The molecule has 0 saturated carbocycles. The van der Waals surface area contributed by atoms with E-state index in [9.17, 15) is 14.4 Å². The molecule has 192 valence electrons. The predicted molar refractivity (Wildman–Crippen MR) is 145 cm³/mol. The van der Waals surface area contributed by atoms with Crippen molar-refractivity contribution in [3.63, 3.8) is 0 Å². The summed E-state index contributed by atoms with van der Waals surface area (Å²) in [5.74, 6) is -1.50. The zero-order chi connectivity index (χ0) is 26.8. The molecule has 0 bridgehead atoms. The number of carbonyl (C=O) groups excluding carboxylic acids is 3. The van der Waals surface area contributed by atoms with E-state index in [1.807, 2.05) is 31.2 Å². The first kappa shape index (κ1) is 27.7. The third kappa shape index (κ3) is 8.33. The van der Waals surface area contributed by atoms with Crippen molar-refractivity contribution in [2.45, 2.75) is 13.5 Å². The lowest BCUT2D eigenvalue weighted by molar-refractivity contribution is -0.139. The number of benzene rings is 3. The first-order valence-electron chi connectivity index (χ1n) is 11.0. The van der Waals surface area contributed by atoms with E-state index in [4.69, 9.17) is 21.1 Å². The molecule has 0 aliphatic carbocycles. The molecule has 3 aromatic rings. The van der Waals surface area contributed by atoms with E-state index in [1.165, 1.54) is 13.3 Å². The summed E-state index contributed by atoms with van der Waals surface area (Å²) in [6.45, 7) is 1.89. The first-order valence-corrected chi connectivity index (χ1v) is 12.2. The largest absolute Gasteiger partial charge is 0.493 e. The minimum atomic E-state index is -0.904. The molecule has 37 heavy (non-hydrogen) atoms. The van der Waals surface area contributed by atoms with Gasteiger partial charge < -0.3 is 20.1 Å². The van der Waals surface area contributed by atoms with Crippen molar-refractivity contribution >= 4 is 57.2 Å². The highest BCUT2D eigenvalue weighted by Gasteiger charge is 2.15. The fourth-order valence-electron chi connectivity index (χ4n) is 3.03. The summed E-state index contributed by atoms with van der Waals surface area (Å²) < 4.78 is 11.5. The van der Waals surface area contributed by atoms with Crippen molar-refractivity contribution in [3.8, 4) is 11.5 Å². The summed E-state index contributed by atoms with van der Waals surface area (Å²) in [6.07, 6.45) is 1.34. The van der Waals surface area contributed by atoms with E-state index in [2.05, 4.69) is 37.1 Å². The van der Waals surface area contributed by atoms with Gasteiger partial charge in [-0.1, -0.05) is 53.6 Å². The molecule has 3 aromatic carbocycles. The Morgan fingerprint density at radius 1 is 1.05 bits per heavy atom. The van der Waals surface area contributed by atoms with E-state index < -0.39 is 17.7 Å². The number of halogens is 2. The molecule has 3 rings (SSSR count). The molecule has 0 aliphatic heterocycles. The Balaban J connectivity index is 1.54. The Kier molecular flexibility index (Phi) is 10.0. The van der Waals surface area contributed by atoms with Gasteiger partial charge in [-0.15, -0.1) is 0 Å². The summed E-state index contributed by atoms with van der Waals surface area (Å²) in [4.78, 5) is 36.3. The fraction of sp³-hybridized carbons (Fsp3) is 0.154. The number of amides is 3. The Labute approximate surface area is 227 Å². The van der Waals surface area contributed by atoms with Gasteiger partial charge in [-0.25, -0.2) is 5.43 Å². The number of hydrazone groups is 1. The summed E-state index contributed by atoms with van der Waals surface area (Å²) in [6, 6.07) is 17.7. The van der Waals surface area contributed by atoms with E-state index in [1.54, 1.807) is 36.4 Å². The van der Waals surface area contributed by atoms with Crippen LogP contribution in [0.3, 0.4) is 0 Å². The van der Waals surface area contributed by atoms with E-state index in [-0.39, 0.29) is 13.2 Å². The molecule has 0 unspecified atom stereocenters. The Morgan fingerprint density at radius 2 is 1.78 bits per heavy atom. The maximum atomic E-state index is 12.3. The Hall–Kier alpha value is -3.89. The Morgan fingerprint density at radius 3 is 2.49 bits per heavy atom. The van der Waals surface area contributed by atoms with Gasteiger partial charge >= 0.3 is 11.8 Å². The van der Waals surface area contributed by atoms with Crippen LogP contribution in [-0.2, 0) is 20.9 Å². The molecule has 3 N–H and O–H groups in total. The van der Waals surface area contributed by atoms with Gasteiger partial charge in [0.15, 0.2) is 18.1 Å². The fourth-order valence-corrected chi connectivity index (χ4v) is 3.78. The van der Waals surface area contributed by atoms with Crippen molar-refractivity contribution in [2.24, 2.45) is 5.10 Å². The van der Waals surface area contributed by atoms with Crippen molar-refractivity contribution in [1.29, 1.82) is 0 Å². The lowest BCUT2D eigenvalue weighted by atomic mass is 10.1. The molecular weight excluding hydrogens is 564 g/mol. The molecule has 0 heterocycles. The van der Waals surface area contributed by atoms with Gasteiger partial charge in [-0.05, 0) is 58.2 Å².